The van der Waals surface area contributed by atoms with Gasteiger partial charge in [-0.25, -0.2) is 0 Å². The Morgan fingerprint density at radius 3 is 2.85 bits per heavy atom. The first-order chi connectivity index (χ1) is 9.72. The van der Waals surface area contributed by atoms with E-state index < -0.39 is 0 Å². The van der Waals surface area contributed by atoms with Crippen LogP contribution < -0.4 is 5.32 Å². The van der Waals surface area contributed by atoms with Gasteiger partial charge in [-0.2, -0.15) is 5.26 Å². The quantitative estimate of drug-likeness (QED) is 0.890. The van der Waals surface area contributed by atoms with Gasteiger partial charge in [-0.05, 0) is 31.2 Å². The highest BCUT2D eigenvalue weighted by atomic mass is 16.5. The molecule has 1 heterocycles. The summed E-state index contributed by atoms with van der Waals surface area (Å²) in [5.74, 6) is 0. The van der Waals surface area contributed by atoms with E-state index in [-0.39, 0.29) is 12.1 Å². The molecule has 2 rings (SSSR count). The van der Waals surface area contributed by atoms with E-state index in [1.807, 2.05) is 24.3 Å². The Bertz CT molecular complexity index is 452. The van der Waals surface area contributed by atoms with Gasteiger partial charge in [0, 0.05) is 25.7 Å². The van der Waals surface area contributed by atoms with Gasteiger partial charge in [-0.3, -0.25) is 4.90 Å². The predicted molar refractivity (Wildman–Crippen MR) is 79.4 cm³/mol. The van der Waals surface area contributed by atoms with Gasteiger partial charge >= 0.3 is 0 Å². The summed E-state index contributed by atoms with van der Waals surface area (Å²) in [6, 6.07) is 10.2. The van der Waals surface area contributed by atoms with E-state index >= 15 is 0 Å². The Balaban J connectivity index is 1.82. The summed E-state index contributed by atoms with van der Waals surface area (Å²) in [4.78, 5) is 2.42. The summed E-state index contributed by atoms with van der Waals surface area (Å²) in [5, 5.41) is 12.3. The maximum atomic E-state index is 8.80. The fraction of sp³-hybridized carbons (Fsp3) is 0.562. The summed E-state index contributed by atoms with van der Waals surface area (Å²) in [5.41, 5.74) is 1.90. The van der Waals surface area contributed by atoms with Crippen molar-refractivity contribution in [2.24, 2.45) is 0 Å². The third kappa shape index (κ3) is 4.04. The number of benzene rings is 1. The van der Waals surface area contributed by atoms with Crippen LogP contribution in [0.25, 0.3) is 0 Å². The Hall–Kier alpha value is -1.41. The van der Waals surface area contributed by atoms with E-state index in [9.17, 15) is 0 Å². The lowest BCUT2D eigenvalue weighted by Crippen LogP contribution is -2.46. The number of hydrogen-bond donors (Lipinski definition) is 1. The number of rotatable bonds is 5. The lowest BCUT2D eigenvalue weighted by atomic mass is 10.1. The van der Waals surface area contributed by atoms with E-state index in [0.717, 1.165) is 32.8 Å². The van der Waals surface area contributed by atoms with Gasteiger partial charge in [-0.1, -0.05) is 19.1 Å². The maximum absolute atomic E-state index is 8.80. The lowest BCUT2D eigenvalue weighted by Gasteiger charge is -2.32. The van der Waals surface area contributed by atoms with Gasteiger partial charge in [-0.15, -0.1) is 0 Å². The molecule has 0 spiro atoms. The molecule has 1 aliphatic rings. The molecular formula is C16H23N3O. The van der Waals surface area contributed by atoms with Crippen LogP contribution in [0.5, 0.6) is 0 Å². The van der Waals surface area contributed by atoms with Crippen LogP contribution in [0.4, 0.5) is 0 Å². The molecule has 1 aliphatic heterocycles. The summed E-state index contributed by atoms with van der Waals surface area (Å²) in [6.07, 6.45) is 0.268. The fourth-order valence-electron chi connectivity index (χ4n) is 2.46. The van der Waals surface area contributed by atoms with Gasteiger partial charge < -0.3 is 10.1 Å². The number of nitrogens with one attached hydrogen (secondary N) is 1. The zero-order valence-corrected chi connectivity index (χ0v) is 12.3. The number of nitriles is 1. The van der Waals surface area contributed by atoms with Crippen LogP contribution in [0.1, 0.15) is 31.0 Å². The van der Waals surface area contributed by atoms with Gasteiger partial charge in [0.2, 0.25) is 0 Å². The average Bonchev–Trinajstić information content (AvgIpc) is 2.53. The molecule has 1 saturated heterocycles. The molecule has 0 aromatic heterocycles. The van der Waals surface area contributed by atoms with Crippen molar-refractivity contribution in [3.8, 4) is 6.07 Å². The highest BCUT2D eigenvalue weighted by molar-refractivity contribution is 5.32. The van der Waals surface area contributed by atoms with E-state index in [1.54, 1.807) is 0 Å². The zero-order chi connectivity index (χ0) is 14.4. The molecule has 0 bridgehead atoms. The second kappa shape index (κ2) is 7.39. The van der Waals surface area contributed by atoms with Crippen molar-refractivity contribution < 1.29 is 4.74 Å². The van der Waals surface area contributed by atoms with Crippen molar-refractivity contribution in [3.63, 3.8) is 0 Å². The van der Waals surface area contributed by atoms with Crippen molar-refractivity contribution in [1.82, 2.24) is 10.2 Å². The van der Waals surface area contributed by atoms with Crippen LogP contribution >= 0.6 is 0 Å². The molecule has 1 aromatic rings. The summed E-state index contributed by atoms with van der Waals surface area (Å²) in [6.45, 7) is 9.15. The van der Waals surface area contributed by atoms with Crippen LogP contribution in [-0.4, -0.2) is 43.8 Å². The molecule has 20 heavy (non-hydrogen) atoms. The number of likely N-dealkylation sites (N-methyl/N-ethyl adjacent to an activating group) is 1. The predicted octanol–water partition coefficient (Wildman–Crippen LogP) is 1.93. The topological polar surface area (TPSA) is 48.3 Å². The van der Waals surface area contributed by atoms with E-state index in [4.69, 9.17) is 10.00 Å². The number of hydrogen-bond acceptors (Lipinski definition) is 4. The number of nitrogens with zero attached hydrogens (tertiary/aromatic N) is 2. The lowest BCUT2D eigenvalue weighted by molar-refractivity contribution is -0.0262. The molecular weight excluding hydrogens is 250 g/mol. The van der Waals surface area contributed by atoms with Crippen molar-refractivity contribution in [1.29, 1.82) is 5.26 Å². The second-order valence-electron chi connectivity index (χ2n) is 5.25. The number of ether oxygens (including phenoxy) is 1. The zero-order valence-electron chi connectivity index (χ0n) is 12.3. The summed E-state index contributed by atoms with van der Waals surface area (Å²) < 4.78 is 5.79. The Labute approximate surface area is 121 Å². The average molecular weight is 273 g/mol. The highest BCUT2D eigenvalue weighted by Gasteiger charge is 2.19. The van der Waals surface area contributed by atoms with Crippen molar-refractivity contribution in [2.45, 2.75) is 26.0 Å². The van der Waals surface area contributed by atoms with Gasteiger partial charge in [0.1, 0.15) is 0 Å². The van der Waals surface area contributed by atoms with Crippen LogP contribution in [0.15, 0.2) is 24.3 Å². The molecule has 0 amide bonds. The number of morpholine rings is 1. The molecule has 0 saturated carbocycles. The Morgan fingerprint density at radius 1 is 1.45 bits per heavy atom. The molecule has 1 aromatic carbocycles. The van der Waals surface area contributed by atoms with Gasteiger partial charge in [0.25, 0.3) is 0 Å². The van der Waals surface area contributed by atoms with E-state index in [2.05, 4.69) is 30.1 Å². The van der Waals surface area contributed by atoms with Crippen LogP contribution in [0.3, 0.4) is 0 Å². The molecule has 1 N–H and O–H groups in total. The SMILES string of the molecule is CCN1CCOC(CNC(C)c2ccc(C#N)cc2)C1. The minimum absolute atomic E-state index is 0.267. The van der Waals surface area contributed by atoms with E-state index in [0.29, 0.717) is 5.56 Å². The van der Waals surface area contributed by atoms with Gasteiger partial charge in [0.05, 0.1) is 24.3 Å². The molecule has 0 aliphatic carbocycles. The minimum atomic E-state index is 0.267. The first kappa shape index (κ1) is 15.0. The first-order valence-electron chi connectivity index (χ1n) is 7.30. The molecule has 108 valence electrons. The molecule has 0 radical (unpaired) electrons. The van der Waals surface area contributed by atoms with Gasteiger partial charge in [0.15, 0.2) is 0 Å². The normalized spacial score (nSPS) is 21.4. The molecule has 4 nitrogen and oxygen atoms in total. The third-order valence-electron chi connectivity index (χ3n) is 3.86. The molecule has 1 fully saturated rings. The molecule has 4 heteroatoms. The Kier molecular flexibility index (Phi) is 5.54. The molecule has 2 unspecified atom stereocenters. The van der Waals surface area contributed by atoms with Crippen LogP contribution in [-0.2, 0) is 4.74 Å². The largest absolute Gasteiger partial charge is 0.374 e. The second-order valence-corrected chi connectivity index (χ2v) is 5.25. The van der Waals surface area contributed by atoms with Crippen molar-refractivity contribution >= 4 is 0 Å². The third-order valence-corrected chi connectivity index (χ3v) is 3.86. The minimum Gasteiger partial charge on any atom is -0.374 e. The molecule has 2 atom stereocenters. The van der Waals surface area contributed by atoms with Crippen molar-refractivity contribution in [3.05, 3.63) is 35.4 Å². The van der Waals surface area contributed by atoms with Crippen molar-refractivity contribution in [2.75, 3.05) is 32.8 Å². The van der Waals surface area contributed by atoms with Crippen LogP contribution in [0, 0.1) is 11.3 Å². The van der Waals surface area contributed by atoms with E-state index in [1.165, 1.54) is 5.56 Å². The monoisotopic (exact) mass is 273 g/mol. The van der Waals surface area contributed by atoms with Crippen LogP contribution in [0.2, 0.25) is 0 Å². The first-order valence-corrected chi connectivity index (χ1v) is 7.30. The Morgan fingerprint density at radius 2 is 2.20 bits per heavy atom. The maximum Gasteiger partial charge on any atom is 0.0991 e. The standard InChI is InChI=1S/C16H23N3O/c1-3-19-8-9-20-16(12-19)11-18-13(2)15-6-4-14(10-17)5-7-15/h4-7,13,16,18H,3,8-9,11-12H2,1-2H3. The fourth-order valence-corrected chi connectivity index (χ4v) is 2.46. The summed E-state index contributed by atoms with van der Waals surface area (Å²) in [7, 11) is 0. The highest BCUT2D eigenvalue weighted by Crippen LogP contribution is 2.13. The summed E-state index contributed by atoms with van der Waals surface area (Å²) >= 11 is 0. The smallest absolute Gasteiger partial charge is 0.0991 e.